The van der Waals surface area contributed by atoms with Gasteiger partial charge >= 0.3 is 0 Å². The number of hydrogen-bond acceptors (Lipinski definition) is 4. The number of benzene rings is 3. The minimum Gasteiger partial charge on any atom is -0.337 e. The quantitative estimate of drug-likeness (QED) is 0.304. The molecule has 2 amide bonds. The number of carbonyl (C=O) groups is 2. The van der Waals surface area contributed by atoms with E-state index in [1.165, 1.54) is 23.1 Å². The van der Waals surface area contributed by atoms with Crippen LogP contribution in [0, 0.1) is 11.6 Å². The highest BCUT2D eigenvalue weighted by Gasteiger charge is 2.42. The van der Waals surface area contributed by atoms with Crippen LogP contribution in [-0.4, -0.2) is 53.8 Å². The molecule has 5 nitrogen and oxygen atoms in total. The molecule has 8 heteroatoms. The second kappa shape index (κ2) is 10.2. The van der Waals surface area contributed by atoms with Crippen molar-refractivity contribution in [1.29, 1.82) is 0 Å². The van der Waals surface area contributed by atoms with E-state index >= 15 is 0 Å². The fraction of sp³-hybridized carbons (Fsp3) is 0.310. The van der Waals surface area contributed by atoms with Crippen molar-refractivity contribution in [3.63, 3.8) is 0 Å². The van der Waals surface area contributed by atoms with Crippen LogP contribution < -0.4 is 4.90 Å². The van der Waals surface area contributed by atoms with Crippen molar-refractivity contribution in [2.45, 2.75) is 31.2 Å². The average Bonchev–Trinajstić information content (AvgIpc) is 3.33. The van der Waals surface area contributed by atoms with E-state index in [-0.39, 0.29) is 47.8 Å². The van der Waals surface area contributed by atoms with Gasteiger partial charge in [-0.1, -0.05) is 12.1 Å². The Bertz CT molecular complexity index is 1300. The first-order chi connectivity index (χ1) is 17.5. The van der Waals surface area contributed by atoms with Crippen LogP contribution in [0.15, 0.2) is 66.7 Å². The maximum Gasteiger partial charge on any atom is 0.261 e. The topological polar surface area (TPSA) is 43.9 Å². The molecule has 1 unspecified atom stereocenters. The first kappa shape index (κ1) is 25.4. The van der Waals surface area contributed by atoms with Gasteiger partial charge in [0, 0.05) is 43.0 Å². The fourth-order valence-corrected chi connectivity index (χ4v) is 6.03. The predicted octanol–water partition coefficient (Wildman–Crippen LogP) is 5.77. The number of anilines is 2. The van der Waals surface area contributed by atoms with Gasteiger partial charge in [0.15, 0.2) is 0 Å². The normalized spacial score (nSPS) is 20.5. The van der Waals surface area contributed by atoms with E-state index in [1.54, 1.807) is 42.5 Å². The molecule has 3 aliphatic heterocycles. The molecule has 0 aliphatic carbocycles. The fourth-order valence-electron chi connectivity index (χ4n) is 6.03. The Kier molecular flexibility index (Phi) is 7.01. The molecule has 0 bridgehead atoms. The van der Waals surface area contributed by atoms with Crippen molar-refractivity contribution < 1.29 is 18.4 Å². The van der Waals surface area contributed by atoms with Crippen LogP contribution >= 0.6 is 12.4 Å². The van der Waals surface area contributed by atoms with E-state index < -0.39 is 0 Å². The Balaban J connectivity index is 0.00000280. The molecule has 3 heterocycles. The van der Waals surface area contributed by atoms with E-state index in [0.717, 1.165) is 55.8 Å². The number of carbonyl (C=O) groups excluding carboxylic acids is 2. The summed E-state index contributed by atoms with van der Waals surface area (Å²) in [5.41, 5.74) is 3.89. The number of hydrogen-bond donors (Lipinski definition) is 0. The molecule has 3 aromatic carbocycles. The lowest BCUT2D eigenvalue weighted by atomic mass is 9.89. The van der Waals surface area contributed by atoms with Crippen molar-refractivity contribution in [1.82, 2.24) is 9.80 Å². The number of amides is 2. The third-order valence-electron chi connectivity index (χ3n) is 7.73. The van der Waals surface area contributed by atoms with Crippen LogP contribution in [0.2, 0.25) is 0 Å². The molecule has 3 aromatic rings. The van der Waals surface area contributed by atoms with Crippen molar-refractivity contribution in [3.05, 3.63) is 95.1 Å². The number of rotatable bonds is 6. The largest absolute Gasteiger partial charge is 0.337 e. The van der Waals surface area contributed by atoms with Crippen LogP contribution in [0.5, 0.6) is 0 Å². The van der Waals surface area contributed by atoms with Crippen LogP contribution in [-0.2, 0) is 0 Å². The van der Waals surface area contributed by atoms with Gasteiger partial charge in [0.1, 0.15) is 11.6 Å². The number of unbranched alkanes of at least 4 members (excludes halogenated alkanes) is 1. The lowest BCUT2D eigenvalue weighted by molar-refractivity contribution is 0.0649. The van der Waals surface area contributed by atoms with Gasteiger partial charge in [-0.2, -0.15) is 0 Å². The zero-order valence-corrected chi connectivity index (χ0v) is 21.1. The summed E-state index contributed by atoms with van der Waals surface area (Å²) in [5, 5.41) is 0. The van der Waals surface area contributed by atoms with Gasteiger partial charge in [-0.15, -0.1) is 12.4 Å². The van der Waals surface area contributed by atoms with Gasteiger partial charge in [0.05, 0.1) is 11.1 Å². The van der Waals surface area contributed by atoms with Crippen molar-refractivity contribution >= 4 is 35.6 Å². The highest BCUT2D eigenvalue weighted by Crippen LogP contribution is 2.48. The lowest BCUT2D eigenvalue weighted by Crippen LogP contribution is -2.45. The van der Waals surface area contributed by atoms with Gasteiger partial charge in [-0.25, -0.2) is 8.78 Å². The van der Waals surface area contributed by atoms with Gasteiger partial charge in [-0.05, 0) is 86.0 Å². The maximum atomic E-state index is 14.2. The maximum absolute atomic E-state index is 14.2. The zero-order valence-electron chi connectivity index (χ0n) is 20.3. The molecule has 1 saturated heterocycles. The molecule has 0 N–H and O–H groups in total. The highest BCUT2D eigenvalue weighted by molar-refractivity contribution is 6.21. The van der Waals surface area contributed by atoms with E-state index in [1.807, 2.05) is 6.07 Å². The highest BCUT2D eigenvalue weighted by atomic mass is 35.5. The van der Waals surface area contributed by atoms with Gasteiger partial charge in [0.2, 0.25) is 0 Å². The number of likely N-dealkylation sites (tertiary alicyclic amines) is 1. The van der Waals surface area contributed by atoms with Gasteiger partial charge in [-0.3, -0.25) is 14.5 Å². The third kappa shape index (κ3) is 4.51. The molecule has 3 aliphatic rings. The second-order valence-electron chi connectivity index (χ2n) is 9.83. The number of piperidine rings is 1. The summed E-state index contributed by atoms with van der Waals surface area (Å²) in [6.45, 7) is 2.99. The number of nitrogens with zero attached hydrogens (tertiary/aromatic N) is 3. The number of imide groups is 1. The minimum atomic E-state index is -0.273. The summed E-state index contributed by atoms with van der Waals surface area (Å²) in [5.74, 6) is -0.772. The molecule has 1 fully saturated rings. The van der Waals surface area contributed by atoms with E-state index in [4.69, 9.17) is 0 Å². The lowest BCUT2D eigenvalue weighted by Gasteiger charge is -2.39. The molecule has 2 atom stereocenters. The summed E-state index contributed by atoms with van der Waals surface area (Å²) < 4.78 is 27.8. The van der Waals surface area contributed by atoms with Crippen LogP contribution in [0.1, 0.15) is 51.5 Å². The van der Waals surface area contributed by atoms with Crippen LogP contribution in [0.4, 0.5) is 20.2 Å². The smallest absolute Gasteiger partial charge is 0.261 e. The molecule has 37 heavy (non-hydrogen) atoms. The Labute approximate surface area is 221 Å². The van der Waals surface area contributed by atoms with E-state index in [2.05, 4.69) is 9.80 Å². The molecule has 0 spiro atoms. The first-order valence-corrected chi connectivity index (χ1v) is 12.5. The summed E-state index contributed by atoms with van der Waals surface area (Å²) >= 11 is 0. The molecule has 192 valence electrons. The van der Waals surface area contributed by atoms with Crippen molar-refractivity contribution in [3.8, 4) is 0 Å². The Hall–Kier alpha value is -3.29. The summed E-state index contributed by atoms with van der Waals surface area (Å²) in [7, 11) is 0. The molecule has 0 radical (unpaired) electrons. The van der Waals surface area contributed by atoms with Crippen molar-refractivity contribution in [2.75, 3.05) is 31.1 Å². The summed E-state index contributed by atoms with van der Waals surface area (Å²) in [6.07, 6.45) is 2.52. The predicted molar refractivity (Wildman–Crippen MR) is 141 cm³/mol. The molecular weight excluding hydrogens is 496 g/mol. The number of fused-ring (bicyclic) bond motifs is 4. The van der Waals surface area contributed by atoms with E-state index in [9.17, 15) is 18.4 Å². The molecular formula is C29H28ClF2N3O2. The Morgan fingerprint density at radius 1 is 0.811 bits per heavy atom. The zero-order chi connectivity index (χ0) is 24.8. The van der Waals surface area contributed by atoms with E-state index in [0.29, 0.717) is 17.7 Å². The minimum absolute atomic E-state index is 0. The van der Waals surface area contributed by atoms with Crippen LogP contribution in [0.3, 0.4) is 0 Å². The van der Waals surface area contributed by atoms with Crippen molar-refractivity contribution in [2.24, 2.45) is 0 Å². The van der Waals surface area contributed by atoms with Gasteiger partial charge in [0.25, 0.3) is 11.8 Å². The Morgan fingerprint density at radius 3 is 2.16 bits per heavy atom. The molecule has 0 saturated carbocycles. The summed E-state index contributed by atoms with van der Waals surface area (Å²) in [6, 6.07) is 18.6. The standard InChI is InChI=1S/C29H27F2N3O2.ClH/c30-19-7-10-21(11-8-19)34-26-12-9-20(31)17-24(26)25-18-32(16-13-27(25)34)14-3-4-15-33-28(35)22-5-1-2-6-23(22)29(33)36;/h1-2,5-12,17,25,27H,3-4,13-16,18H2;1H/t25?,27-;/m1./s1. The Morgan fingerprint density at radius 2 is 1.46 bits per heavy atom. The monoisotopic (exact) mass is 523 g/mol. The van der Waals surface area contributed by atoms with Gasteiger partial charge < -0.3 is 9.80 Å². The molecule has 0 aromatic heterocycles. The summed E-state index contributed by atoms with van der Waals surface area (Å²) in [4.78, 5) is 31.1. The number of halogens is 3. The SMILES string of the molecule is Cl.O=C1c2ccccc2C(=O)N1CCCCN1CC[C@@H]2C(C1)c1cc(F)ccc1N2c1ccc(F)cc1. The van der Waals surface area contributed by atoms with Crippen LogP contribution in [0.25, 0.3) is 0 Å². The average molecular weight is 524 g/mol. The molecule has 6 rings (SSSR count). The second-order valence-corrected chi connectivity index (χ2v) is 9.83. The first-order valence-electron chi connectivity index (χ1n) is 12.5. The third-order valence-corrected chi connectivity index (χ3v) is 7.73.